The van der Waals surface area contributed by atoms with Gasteiger partial charge in [0.1, 0.15) is 0 Å². The van der Waals surface area contributed by atoms with Gasteiger partial charge < -0.3 is 5.11 Å². The van der Waals surface area contributed by atoms with E-state index in [1.807, 2.05) is 13.8 Å². The van der Waals surface area contributed by atoms with Crippen molar-refractivity contribution in [2.45, 2.75) is 13.8 Å². The number of carboxylic acid groups (broad SMARTS) is 1. The molecular weight excluding hydrogens is 336 g/mol. The number of aromatic nitrogens is 2. The van der Waals surface area contributed by atoms with Crippen molar-refractivity contribution in [3.8, 4) is 5.13 Å². The highest BCUT2D eigenvalue weighted by Crippen LogP contribution is 2.30. The Morgan fingerprint density at radius 3 is 2.70 bits per heavy atom. The van der Waals surface area contributed by atoms with Gasteiger partial charge in [0.25, 0.3) is 0 Å². The van der Waals surface area contributed by atoms with Gasteiger partial charge in [-0.2, -0.15) is 0 Å². The van der Waals surface area contributed by atoms with Gasteiger partial charge in [-0.1, -0.05) is 31.5 Å². The average Bonchev–Trinajstić information content (AvgIpc) is 3.10. The summed E-state index contributed by atoms with van der Waals surface area (Å²) >= 11 is 7.28. The molecule has 0 bridgehead atoms. The molecule has 23 heavy (non-hydrogen) atoms. The molecule has 3 rings (SSSR count). The summed E-state index contributed by atoms with van der Waals surface area (Å²) in [5, 5.41) is 12.3. The van der Waals surface area contributed by atoms with Crippen LogP contribution in [0.25, 0.3) is 16.0 Å². The summed E-state index contributed by atoms with van der Waals surface area (Å²) in [5.74, 6) is -1.21. The fourth-order valence-electron chi connectivity index (χ4n) is 2.34. The second kappa shape index (κ2) is 5.79. The standard InChI is InChI=1S/C16H13ClN2O3S/c1-8(2)14(20)11-6-19(13-5-9(17)3-4-10(11)13)16-18-12(7-23-16)15(21)22/h3-8H,1-2H3,(H,21,22). The molecule has 5 nitrogen and oxygen atoms in total. The second-order valence-corrected chi connectivity index (χ2v) is 6.69. The molecule has 0 saturated heterocycles. The zero-order chi connectivity index (χ0) is 16.7. The first-order chi connectivity index (χ1) is 10.9. The van der Waals surface area contributed by atoms with Crippen molar-refractivity contribution in [2.75, 3.05) is 0 Å². The van der Waals surface area contributed by atoms with Gasteiger partial charge in [-0.05, 0) is 12.1 Å². The lowest BCUT2D eigenvalue weighted by Gasteiger charge is -2.01. The summed E-state index contributed by atoms with van der Waals surface area (Å²) in [7, 11) is 0. The number of rotatable bonds is 4. The Kier molecular flexibility index (Phi) is 3.95. The lowest BCUT2D eigenvalue weighted by Crippen LogP contribution is -2.06. The summed E-state index contributed by atoms with van der Waals surface area (Å²) < 4.78 is 1.72. The highest BCUT2D eigenvalue weighted by molar-refractivity contribution is 7.12. The number of carbonyl (C=O) groups is 2. The number of carbonyl (C=O) groups excluding carboxylic acids is 1. The van der Waals surface area contributed by atoms with Crippen LogP contribution in [0.2, 0.25) is 5.02 Å². The van der Waals surface area contributed by atoms with Gasteiger partial charge in [0.15, 0.2) is 16.6 Å². The van der Waals surface area contributed by atoms with Crippen LogP contribution in [0.4, 0.5) is 0 Å². The van der Waals surface area contributed by atoms with Gasteiger partial charge in [0, 0.05) is 33.5 Å². The molecule has 0 aliphatic rings. The molecule has 1 N–H and O–H groups in total. The summed E-state index contributed by atoms with van der Waals surface area (Å²) in [4.78, 5) is 27.6. The van der Waals surface area contributed by atoms with Crippen molar-refractivity contribution in [1.29, 1.82) is 0 Å². The van der Waals surface area contributed by atoms with Crippen LogP contribution in [-0.2, 0) is 0 Å². The van der Waals surface area contributed by atoms with Gasteiger partial charge in [-0.25, -0.2) is 9.78 Å². The number of fused-ring (bicyclic) bond motifs is 1. The van der Waals surface area contributed by atoms with E-state index in [2.05, 4.69) is 4.98 Å². The summed E-state index contributed by atoms with van der Waals surface area (Å²) in [6.07, 6.45) is 1.70. The van der Waals surface area contributed by atoms with E-state index in [4.69, 9.17) is 16.7 Å². The first-order valence-corrected chi connectivity index (χ1v) is 8.18. The second-order valence-electron chi connectivity index (χ2n) is 5.41. The molecule has 0 aliphatic carbocycles. The van der Waals surface area contributed by atoms with E-state index in [0.29, 0.717) is 15.7 Å². The number of Topliss-reactive ketones (excluding diaryl/α,β-unsaturated/α-hetero) is 1. The molecule has 0 spiro atoms. The van der Waals surface area contributed by atoms with E-state index in [1.165, 1.54) is 16.7 Å². The summed E-state index contributed by atoms with van der Waals surface area (Å²) in [6, 6.07) is 5.28. The number of nitrogens with zero attached hydrogens (tertiary/aromatic N) is 2. The van der Waals surface area contributed by atoms with E-state index < -0.39 is 5.97 Å². The molecule has 2 aromatic heterocycles. The predicted octanol–water partition coefficient (Wildman–Crippen LogP) is 4.28. The average molecular weight is 349 g/mol. The third kappa shape index (κ3) is 2.75. The Labute approximate surface area is 141 Å². The van der Waals surface area contributed by atoms with Crippen LogP contribution in [-0.4, -0.2) is 26.4 Å². The lowest BCUT2D eigenvalue weighted by atomic mass is 10.0. The van der Waals surface area contributed by atoms with Crippen molar-refractivity contribution in [1.82, 2.24) is 9.55 Å². The molecule has 0 fully saturated rings. The molecule has 0 amide bonds. The van der Waals surface area contributed by atoms with Crippen LogP contribution in [0.5, 0.6) is 0 Å². The predicted molar refractivity (Wildman–Crippen MR) is 90.1 cm³/mol. The molecule has 0 radical (unpaired) electrons. The van der Waals surface area contributed by atoms with Crippen LogP contribution >= 0.6 is 22.9 Å². The number of hydrogen-bond donors (Lipinski definition) is 1. The third-order valence-corrected chi connectivity index (χ3v) is 4.55. The molecule has 3 aromatic rings. The quantitative estimate of drug-likeness (QED) is 0.714. The highest BCUT2D eigenvalue weighted by Gasteiger charge is 2.20. The number of hydrogen-bond acceptors (Lipinski definition) is 4. The lowest BCUT2D eigenvalue weighted by molar-refractivity contribution is 0.0691. The fraction of sp³-hybridized carbons (Fsp3) is 0.188. The zero-order valence-electron chi connectivity index (χ0n) is 12.4. The molecule has 2 heterocycles. The van der Waals surface area contributed by atoms with E-state index >= 15 is 0 Å². The van der Waals surface area contributed by atoms with E-state index in [-0.39, 0.29) is 17.4 Å². The van der Waals surface area contributed by atoms with Crippen molar-refractivity contribution >= 4 is 45.6 Å². The monoisotopic (exact) mass is 348 g/mol. The van der Waals surface area contributed by atoms with Crippen LogP contribution in [0, 0.1) is 5.92 Å². The maximum Gasteiger partial charge on any atom is 0.355 e. The Hall–Kier alpha value is -2.18. The molecule has 1 aromatic carbocycles. The number of halogens is 1. The number of ketones is 1. The van der Waals surface area contributed by atoms with Gasteiger partial charge in [-0.15, -0.1) is 11.3 Å². The number of carboxylic acids is 1. The van der Waals surface area contributed by atoms with Crippen LogP contribution < -0.4 is 0 Å². The third-order valence-electron chi connectivity index (χ3n) is 3.47. The molecule has 0 aliphatic heterocycles. The minimum absolute atomic E-state index is 0.0195. The van der Waals surface area contributed by atoms with Crippen molar-refractivity contribution < 1.29 is 14.7 Å². The minimum Gasteiger partial charge on any atom is -0.476 e. The first kappa shape index (κ1) is 15.7. The van der Waals surface area contributed by atoms with Crippen molar-refractivity contribution in [2.24, 2.45) is 5.92 Å². The summed E-state index contributed by atoms with van der Waals surface area (Å²) in [6.45, 7) is 3.68. The topological polar surface area (TPSA) is 72.2 Å². The molecule has 0 saturated carbocycles. The van der Waals surface area contributed by atoms with Crippen molar-refractivity contribution in [3.63, 3.8) is 0 Å². The maximum absolute atomic E-state index is 12.4. The SMILES string of the molecule is CC(C)C(=O)c1cn(-c2nc(C(=O)O)cs2)c2cc(Cl)ccc12. The van der Waals surface area contributed by atoms with E-state index in [9.17, 15) is 9.59 Å². The fourth-order valence-corrected chi connectivity index (χ4v) is 3.29. The number of thiazole rings is 1. The smallest absolute Gasteiger partial charge is 0.355 e. The van der Waals surface area contributed by atoms with Gasteiger partial charge in [0.05, 0.1) is 5.52 Å². The Morgan fingerprint density at radius 2 is 2.09 bits per heavy atom. The van der Waals surface area contributed by atoms with Gasteiger partial charge >= 0.3 is 5.97 Å². The molecule has 118 valence electrons. The number of aromatic carboxylic acids is 1. The Bertz CT molecular complexity index is 927. The molecular formula is C16H13ClN2O3S. The van der Waals surface area contributed by atoms with Crippen LogP contribution in [0.15, 0.2) is 29.8 Å². The van der Waals surface area contributed by atoms with Crippen LogP contribution in [0.1, 0.15) is 34.7 Å². The van der Waals surface area contributed by atoms with Crippen LogP contribution in [0.3, 0.4) is 0 Å². The highest BCUT2D eigenvalue weighted by atomic mass is 35.5. The van der Waals surface area contributed by atoms with E-state index in [1.54, 1.807) is 29.0 Å². The molecule has 0 atom stereocenters. The van der Waals surface area contributed by atoms with Gasteiger partial charge in [0.2, 0.25) is 0 Å². The normalized spacial score (nSPS) is 11.3. The van der Waals surface area contributed by atoms with Crippen molar-refractivity contribution in [3.05, 3.63) is 46.1 Å². The first-order valence-electron chi connectivity index (χ1n) is 6.92. The molecule has 0 unspecified atom stereocenters. The Balaban J connectivity index is 2.25. The minimum atomic E-state index is -1.08. The summed E-state index contributed by atoms with van der Waals surface area (Å²) in [5.41, 5.74) is 1.29. The number of benzene rings is 1. The van der Waals surface area contributed by atoms with Gasteiger partial charge in [-0.3, -0.25) is 9.36 Å². The largest absolute Gasteiger partial charge is 0.476 e. The Morgan fingerprint density at radius 1 is 1.35 bits per heavy atom. The van der Waals surface area contributed by atoms with E-state index in [0.717, 1.165) is 10.9 Å². The molecule has 7 heteroatoms. The maximum atomic E-state index is 12.4. The zero-order valence-corrected chi connectivity index (χ0v) is 14.0.